The maximum absolute atomic E-state index is 13.5. The van der Waals surface area contributed by atoms with Crippen LogP contribution in [0.4, 0.5) is 0 Å². The topological polar surface area (TPSA) is 152 Å². The van der Waals surface area contributed by atoms with Crippen molar-refractivity contribution < 1.29 is 24.3 Å². The third kappa shape index (κ3) is 7.56. The first-order valence-corrected chi connectivity index (χ1v) is 13.5. The molecule has 208 valence electrons. The molecule has 2 heterocycles. The Kier molecular flexibility index (Phi) is 10.3. The summed E-state index contributed by atoms with van der Waals surface area (Å²) in [5.74, 6) is -2.59. The molecule has 5 unspecified atom stereocenters. The minimum absolute atomic E-state index is 0.116. The highest BCUT2D eigenvalue weighted by molar-refractivity contribution is 5.95. The second kappa shape index (κ2) is 13.4. The Balaban J connectivity index is 1.84. The number of nitrogens with one attached hydrogen (secondary N) is 5. The van der Waals surface area contributed by atoms with E-state index in [-0.39, 0.29) is 30.2 Å². The van der Waals surface area contributed by atoms with Crippen molar-refractivity contribution >= 4 is 34.6 Å². The molecule has 1 saturated heterocycles. The van der Waals surface area contributed by atoms with Crippen LogP contribution in [-0.4, -0.2) is 64.5 Å². The van der Waals surface area contributed by atoms with E-state index in [1.54, 1.807) is 13.1 Å². The fraction of sp³-hybridized carbons (Fsp3) is 0.571. The van der Waals surface area contributed by atoms with Crippen molar-refractivity contribution in [1.29, 1.82) is 0 Å². The van der Waals surface area contributed by atoms with E-state index in [4.69, 9.17) is 0 Å². The summed E-state index contributed by atoms with van der Waals surface area (Å²) >= 11 is 0. The third-order valence-electron chi connectivity index (χ3n) is 7.23. The maximum Gasteiger partial charge on any atom is 0.326 e. The van der Waals surface area contributed by atoms with Crippen LogP contribution < -0.4 is 21.3 Å². The number of para-hydroxylation sites is 1. The normalized spacial score (nSPS) is 18.5. The Morgan fingerprint density at radius 3 is 2.37 bits per heavy atom. The van der Waals surface area contributed by atoms with Gasteiger partial charge in [-0.15, -0.1) is 0 Å². The number of aliphatic carboxylic acids is 1. The molecule has 38 heavy (non-hydrogen) atoms. The molecule has 6 N–H and O–H groups in total. The minimum atomic E-state index is -1.13. The van der Waals surface area contributed by atoms with Crippen molar-refractivity contribution in [3.63, 3.8) is 0 Å². The number of carboxylic acid groups (broad SMARTS) is 1. The molecule has 0 radical (unpaired) electrons. The Bertz CT molecular complexity index is 1120. The van der Waals surface area contributed by atoms with Gasteiger partial charge in [0.1, 0.15) is 18.1 Å². The lowest BCUT2D eigenvalue weighted by Crippen LogP contribution is -2.58. The van der Waals surface area contributed by atoms with E-state index in [0.29, 0.717) is 19.3 Å². The van der Waals surface area contributed by atoms with E-state index in [0.717, 1.165) is 29.4 Å². The van der Waals surface area contributed by atoms with E-state index >= 15 is 0 Å². The van der Waals surface area contributed by atoms with Crippen LogP contribution in [0.25, 0.3) is 10.9 Å². The molecule has 10 nitrogen and oxygen atoms in total. The van der Waals surface area contributed by atoms with Crippen LogP contribution in [0.15, 0.2) is 30.5 Å². The van der Waals surface area contributed by atoms with Crippen molar-refractivity contribution in [2.24, 2.45) is 11.8 Å². The third-order valence-corrected chi connectivity index (χ3v) is 7.23. The molecular weight excluding hydrogens is 486 g/mol. The lowest BCUT2D eigenvalue weighted by molar-refractivity contribution is -0.143. The average Bonchev–Trinajstić information content (AvgIpc) is 3.56. The first kappa shape index (κ1) is 29.2. The standard InChI is InChI=1S/C28H41N5O5/c1-5-17(4)24(28(37)38)33-27(36)23(14-18-15-30-20-10-7-6-9-19(18)20)32-26(35)22(13-16(2)3)31-25(34)21-11-8-12-29-21/h6-7,9-10,15-17,21-24,29-30H,5,8,11-14H2,1-4H3,(H,31,34)(H,32,35)(H,33,36)(H,37,38). The zero-order valence-corrected chi connectivity index (χ0v) is 22.7. The second-order valence-electron chi connectivity index (χ2n) is 10.7. The van der Waals surface area contributed by atoms with Crippen molar-refractivity contribution in [1.82, 2.24) is 26.3 Å². The number of H-pyrrole nitrogens is 1. The van der Waals surface area contributed by atoms with Gasteiger partial charge in [0.2, 0.25) is 17.7 Å². The number of amides is 3. The van der Waals surface area contributed by atoms with Gasteiger partial charge in [-0.25, -0.2) is 4.79 Å². The van der Waals surface area contributed by atoms with E-state index in [1.807, 2.05) is 45.0 Å². The van der Waals surface area contributed by atoms with Gasteiger partial charge in [-0.2, -0.15) is 0 Å². The van der Waals surface area contributed by atoms with Crippen LogP contribution in [0.5, 0.6) is 0 Å². The highest BCUT2D eigenvalue weighted by Crippen LogP contribution is 2.20. The summed E-state index contributed by atoms with van der Waals surface area (Å²) in [6.07, 6.45) is 4.51. The molecule has 10 heteroatoms. The average molecular weight is 528 g/mol. The highest BCUT2D eigenvalue weighted by atomic mass is 16.4. The number of aromatic nitrogens is 1. The summed E-state index contributed by atoms with van der Waals surface area (Å²) in [6.45, 7) is 8.29. The van der Waals surface area contributed by atoms with Crippen molar-refractivity contribution in [3.05, 3.63) is 36.0 Å². The Morgan fingerprint density at radius 1 is 1.03 bits per heavy atom. The molecule has 1 aliphatic rings. The molecule has 1 aromatic carbocycles. The molecule has 1 aliphatic heterocycles. The molecule has 0 spiro atoms. The monoisotopic (exact) mass is 527 g/mol. The lowest BCUT2D eigenvalue weighted by Gasteiger charge is -2.27. The Labute approximate surface area is 223 Å². The van der Waals surface area contributed by atoms with Crippen LogP contribution in [0.1, 0.15) is 58.9 Å². The molecule has 5 atom stereocenters. The predicted molar refractivity (Wildman–Crippen MR) is 145 cm³/mol. The SMILES string of the molecule is CCC(C)C(NC(=O)C(Cc1c[nH]c2ccccc12)NC(=O)C(CC(C)C)NC(=O)C1CCCN1)C(=O)O. The minimum Gasteiger partial charge on any atom is -0.480 e. The van der Waals surface area contributed by atoms with Gasteiger partial charge in [0.25, 0.3) is 0 Å². The number of fused-ring (bicyclic) bond motifs is 1. The number of rotatable bonds is 13. The first-order valence-electron chi connectivity index (χ1n) is 13.5. The molecule has 0 saturated carbocycles. The van der Waals surface area contributed by atoms with Gasteiger partial charge in [-0.1, -0.05) is 52.3 Å². The molecule has 0 aliphatic carbocycles. The van der Waals surface area contributed by atoms with Crippen molar-refractivity contribution in [2.75, 3.05) is 6.54 Å². The van der Waals surface area contributed by atoms with Gasteiger partial charge in [0.15, 0.2) is 0 Å². The summed E-state index contributed by atoms with van der Waals surface area (Å²) in [4.78, 5) is 54.8. The van der Waals surface area contributed by atoms with Crippen LogP contribution in [0, 0.1) is 11.8 Å². The van der Waals surface area contributed by atoms with E-state index in [1.165, 1.54) is 0 Å². The summed E-state index contributed by atoms with van der Waals surface area (Å²) in [7, 11) is 0. The quantitative estimate of drug-likeness (QED) is 0.235. The fourth-order valence-corrected chi connectivity index (χ4v) is 4.82. The number of hydrogen-bond acceptors (Lipinski definition) is 5. The summed E-state index contributed by atoms with van der Waals surface area (Å²) in [6, 6.07) is 4.34. The number of carbonyl (C=O) groups is 4. The molecule has 1 aromatic heterocycles. The van der Waals surface area contributed by atoms with Crippen molar-refractivity contribution in [3.8, 4) is 0 Å². The van der Waals surface area contributed by atoms with Crippen LogP contribution in [0.2, 0.25) is 0 Å². The van der Waals surface area contributed by atoms with Crippen molar-refractivity contribution in [2.45, 2.75) is 84.0 Å². The molecule has 3 rings (SSSR count). The zero-order chi connectivity index (χ0) is 27.8. The van der Waals surface area contributed by atoms with Gasteiger partial charge in [0, 0.05) is 23.5 Å². The van der Waals surface area contributed by atoms with Crippen LogP contribution in [0.3, 0.4) is 0 Å². The summed E-state index contributed by atoms with van der Waals surface area (Å²) in [5.41, 5.74) is 1.71. The number of benzene rings is 1. The number of carbonyl (C=O) groups excluding carboxylic acids is 3. The second-order valence-corrected chi connectivity index (χ2v) is 10.7. The maximum atomic E-state index is 13.5. The molecule has 1 fully saturated rings. The van der Waals surface area contributed by atoms with Gasteiger partial charge in [-0.3, -0.25) is 14.4 Å². The van der Waals surface area contributed by atoms with Crippen LogP contribution in [-0.2, 0) is 25.6 Å². The van der Waals surface area contributed by atoms with E-state index in [9.17, 15) is 24.3 Å². The molecular formula is C28H41N5O5. The Hall–Kier alpha value is -3.40. The Morgan fingerprint density at radius 2 is 1.74 bits per heavy atom. The van der Waals surface area contributed by atoms with Crippen LogP contribution >= 0.6 is 0 Å². The summed E-state index contributed by atoms with van der Waals surface area (Å²) in [5, 5.41) is 22.1. The largest absolute Gasteiger partial charge is 0.480 e. The number of aromatic amines is 1. The number of hydrogen-bond donors (Lipinski definition) is 6. The molecule has 3 amide bonds. The fourth-order valence-electron chi connectivity index (χ4n) is 4.82. The smallest absolute Gasteiger partial charge is 0.326 e. The number of carboxylic acids is 1. The van der Waals surface area contributed by atoms with Gasteiger partial charge < -0.3 is 31.4 Å². The van der Waals surface area contributed by atoms with Gasteiger partial charge in [0.05, 0.1) is 6.04 Å². The molecule has 0 bridgehead atoms. The van der Waals surface area contributed by atoms with Gasteiger partial charge >= 0.3 is 5.97 Å². The van der Waals surface area contributed by atoms with E-state index < -0.39 is 35.9 Å². The molecule has 2 aromatic rings. The summed E-state index contributed by atoms with van der Waals surface area (Å²) < 4.78 is 0. The van der Waals surface area contributed by atoms with E-state index in [2.05, 4.69) is 26.3 Å². The van der Waals surface area contributed by atoms with Gasteiger partial charge in [-0.05, 0) is 49.3 Å². The zero-order valence-electron chi connectivity index (χ0n) is 22.7. The first-order chi connectivity index (χ1) is 18.1. The highest BCUT2D eigenvalue weighted by Gasteiger charge is 2.33. The predicted octanol–water partition coefficient (Wildman–Crippen LogP) is 2.09. The lowest BCUT2D eigenvalue weighted by atomic mass is 9.97.